The quantitative estimate of drug-likeness (QED) is 0.660. The molecule has 0 aliphatic rings. The van der Waals surface area contributed by atoms with Crippen LogP contribution in [0.1, 0.15) is 54.4 Å². The van der Waals surface area contributed by atoms with Crippen molar-refractivity contribution >= 4 is 37.7 Å². The molecule has 4 heteroatoms. The average Bonchev–Trinajstić information content (AvgIpc) is 2.13. The monoisotopic (exact) mass is 212 g/mol. The molecule has 0 fully saturated rings. The Hall–Kier alpha value is 0.535. The van der Waals surface area contributed by atoms with Crippen molar-refractivity contribution in [2.45, 2.75) is 65.5 Å². The molecule has 0 aromatic rings. The molecule has 0 unspecified atom stereocenters. The Balaban J connectivity index is -0.000000845. The van der Waals surface area contributed by atoms with Crippen LogP contribution in [-0.2, 0) is 0 Å². The predicted octanol–water partition coefficient (Wildman–Crippen LogP) is 2.25. The fourth-order valence-electron chi connectivity index (χ4n) is 0.739. The molecule has 0 saturated carbocycles. The Kier molecular flexibility index (Phi) is 13.0. The van der Waals surface area contributed by atoms with Crippen molar-refractivity contribution < 1.29 is 0 Å². The molecule has 86 valence electrons. The molecular weight excluding hydrogens is 186 g/mol. The van der Waals surface area contributed by atoms with Gasteiger partial charge in [-0.1, -0.05) is 13.8 Å². The summed E-state index contributed by atoms with van der Waals surface area (Å²) in [7, 11) is 0. The Labute approximate surface area is 126 Å². The topological polar surface area (TPSA) is 24.1 Å². The maximum Gasteiger partial charge on any atom is 0.0310 e. The molecule has 16 heavy (non-hydrogen) atoms. The molecular formula is C12H26Li2N2. The molecule has 0 aliphatic carbocycles. The summed E-state index contributed by atoms with van der Waals surface area (Å²) in [5.41, 5.74) is 0.378. The summed E-state index contributed by atoms with van der Waals surface area (Å²) >= 11 is 0. The summed E-state index contributed by atoms with van der Waals surface area (Å²) in [5, 5.41) is 6.72. The number of nitrogens with one attached hydrogen (secondary N) is 2. The van der Waals surface area contributed by atoms with E-state index in [9.17, 15) is 0 Å². The van der Waals surface area contributed by atoms with Crippen LogP contribution in [0.2, 0.25) is 0 Å². The van der Waals surface area contributed by atoms with Crippen LogP contribution < -0.4 is 10.6 Å². The average molecular weight is 212 g/mol. The van der Waals surface area contributed by atoms with E-state index in [-0.39, 0.29) is 48.8 Å². The van der Waals surface area contributed by atoms with Gasteiger partial charge in [-0.15, -0.1) is 0 Å². The van der Waals surface area contributed by atoms with Crippen LogP contribution in [0.5, 0.6) is 0 Å². The second-order valence-corrected chi connectivity index (χ2v) is 5.10. The number of hydrogen-bond donors (Lipinski definition) is 2. The van der Waals surface area contributed by atoms with Gasteiger partial charge in [0.15, 0.2) is 0 Å². The van der Waals surface area contributed by atoms with Crippen LogP contribution >= 0.6 is 0 Å². The zero-order valence-corrected chi connectivity index (χ0v) is 12.6. The molecule has 0 aliphatic heterocycles. The van der Waals surface area contributed by atoms with Gasteiger partial charge in [0.2, 0.25) is 0 Å². The van der Waals surface area contributed by atoms with Crippen LogP contribution in [-0.4, -0.2) is 48.8 Å². The predicted molar refractivity (Wildman–Crippen MR) is 75.7 cm³/mol. The molecule has 0 atom stereocenters. The fourth-order valence-corrected chi connectivity index (χ4v) is 0.739. The third kappa shape index (κ3) is 11.0. The Morgan fingerprint density at radius 1 is 0.750 bits per heavy atom. The largest absolute Gasteiger partial charge is 0.385 e. The van der Waals surface area contributed by atoms with E-state index >= 15 is 0 Å². The minimum absolute atomic E-state index is 0. The minimum Gasteiger partial charge on any atom is -0.385 e. The summed E-state index contributed by atoms with van der Waals surface area (Å²) in [4.78, 5) is 0. The molecule has 0 rings (SSSR count). The molecule has 2 N–H and O–H groups in total. The van der Waals surface area contributed by atoms with Crippen molar-refractivity contribution in [3.63, 3.8) is 0 Å². The van der Waals surface area contributed by atoms with E-state index in [0.717, 1.165) is 12.8 Å². The second kappa shape index (κ2) is 9.55. The molecule has 0 aromatic heterocycles. The van der Waals surface area contributed by atoms with Crippen molar-refractivity contribution in [1.29, 1.82) is 0 Å². The normalized spacial score (nSPS) is 11.6. The zero-order valence-electron chi connectivity index (χ0n) is 12.6. The number of hydrogen-bond acceptors (Lipinski definition) is 2. The van der Waals surface area contributed by atoms with Crippen molar-refractivity contribution in [1.82, 2.24) is 10.6 Å². The first-order valence-corrected chi connectivity index (χ1v) is 5.53. The third-order valence-electron chi connectivity index (χ3n) is 2.80. The molecule has 0 spiro atoms. The van der Waals surface area contributed by atoms with Gasteiger partial charge in [0.1, 0.15) is 0 Å². The van der Waals surface area contributed by atoms with Gasteiger partial charge in [0, 0.05) is 61.2 Å². The maximum atomic E-state index is 3.36. The standard InChI is InChI=1S/C12H26N2.2Li/c1-7-11(3,4)13-9-10-14-12(5,6)8-2;;/h9-10,13-14H,7-8H2,1-6H3;;. The first kappa shape index (κ1) is 21.8. The third-order valence-corrected chi connectivity index (χ3v) is 2.80. The van der Waals surface area contributed by atoms with E-state index in [1.165, 1.54) is 0 Å². The summed E-state index contributed by atoms with van der Waals surface area (Å²) in [5.74, 6) is 0. The minimum atomic E-state index is 0. The van der Waals surface area contributed by atoms with Gasteiger partial charge in [-0.2, -0.15) is 0 Å². The van der Waals surface area contributed by atoms with Crippen LogP contribution in [0.25, 0.3) is 0 Å². The maximum absolute atomic E-state index is 3.36. The van der Waals surface area contributed by atoms with E-state index in [1.54, 1.807) is 0 Å². The van der Waals surface area contributed by atoms with E-state index < -0.39 is 0 Å². The van der Waals surface area contributed by atoms with Crippen molar-refractivity contribution in [3.05, 3.63) is 12.4 Å². The SMILES string of the molecule is CCC(C)(C)NC=CNC(C)(C)CC.[Li].[Li]. The Bertz CT molecular complexity index is 169. The van der Waals surface area contributed by atoms with Gasteiger partial charge in [-0.05, 0) is 40.5 Å². The first-order chi connectivity index (χ1) is 6.33. The van der Waals surface area contributed by atoms with Gasteiger partial charge in [0.25, 0.3) is 0 Å². The summed E-state index contributed by atoms with van der Waals surface area (Å²) in [6.07, 6.45) is 6.24. The molecule has 2 radical (unpaired) electrons. The van der Waals surface area contributed by atoms with E-state index in [2.05, 4.69) is 52.2 Å². The van der Waals surface area contributed by atoms with Gasteiger partial charge in [0.05, 0.1) is 0 Å². The van der Waals surface area contributed by atoms with E-state index in [1.807, 2.05) is 12.4 Å². The smallest absolute Gasteiger partial charge is 0.0310 e. The fraction of sp³-hybridized carbons (Fsp3) is 0.833. The van der Waals surface area contributed by atoms with Crippen LogP contribution in [0.3, 0.4) is 0 Å². The van der Waals surface area contributed by atoms with Crippen LogP contribution in [0.15, 0.2) is 12.4 Å². The molecule has 0 heterocycles. The molecule has 0 aromatic carbocycles. The van der Waals surface area contributed by atoms with Gasteiger partial charge >= 0.3 is 0 Å². The van der Waals surface area contributed by atoms with Gasteiger partial charge < -0.3 is 10.6 Å². The van der Waals surface area contributed by atoms with Gasteiger partial charge in [-0.25, -0.2) is 0 Å². The van der Waals surface area contributed by atoms with E-state index in [0.29, 0.717) is 0 Å². The summed E-state index contributed by atoms with van der Waals surface area (Å²) in [6.45, 7) is 13.2. The van der Waals surface area contributed by atoms with Crippen LogP contribution in [0.4, 0.5) is 0 Å². The molecule has 0 amide bonds. The summed E-state index contributed by atoms with van der Waals surface area (Å²) in [6, 6.07) is 0. The second-order valence-electron chi connectivity index (χ2n) is 5.10. The Morgan fingerprint density at radius 3 is 1.19 bits per heavy atom. The number of rotatable bonds is 6. The summed E-state index contributed by atoms with van der Waals surface area (Å²) < 4.78 is 0. The van der Waals surface area contributed by atoms with Gasteiger partial charge in [-0.3, -0.25) is 0 Å². The Morgan fingerprint density at radius 2 is 1.00 bits per heavy atom. The first-order valence-electron chi connectivity index (χ1n) is 5.53. The van der Waals surface area contributed by atoms with Crippen LogP contribution in [0, 0.1) is 0 Å². The molecule has 2 nitrogen and oxygen atoms in total. The van der Waals surface area contributed by atoms with Crippen molar-refractivity contribution in [2.75, 3.05) is 0 Å². The molecule has 0 saturated heterocycles. The van der Waals surface area contributed by atoms with E-state index in [4.69, 9.17) is 0 Å². The van der Waals surface area contributed by atoms with Crippen molar-refractivity contribution in [3.8, 4) is 0 Å². The molecule has 0 bridgehead atoms. The zero-order chi connectivity index (χ0) is 11.2. The van der Waals surface area contributed by atoms with Crippen molar-refractivity contribution in [2.24, 2.45) is 0 Å².